The number of ether oxygens (including phenoxy) is 2. The first-order chi connectivity index (χ1) is 9.88. The van der Waals surface area contributed by atoms with E-state index < -0.39 is 23.9 Å². The number of carbonyl (C=O) groups is 3. The van der Waals surface area contributed by atoms with Crippen LogP contribution in [0.4, 0.5) is 0 Å². The van der Waals surface area contributed by atoms with E-state index in [9.17, 15) is 14.4 Å². The molecule has 1 atom stereocenters. The Labute approximate surface area is 122 Å². The summed E-state index contributed by atoms with van der Waals surface area (Å²) in [5, 5.41) is 2.54. The van der Waals surface area contributed by atoms with Gasteiger partial charge < -0.3 is 19.2 Å². The molecule has 7 heteroatoms. The van der Waals surface area contributed by atoms with E-state index in [1.165, 1.54) is 14.2 Å². The van der Waals surface area contributed by atoms with E-state index in [2.05, 4.69) is 14.8 Å². The molecule has 0 aromatic carbocycles. The molecular weight excluding hydrogens is 278 g/mol. The Morgan fingerprint density at radius 1 is 1.24 bits per heavy atom. The Bertz CT molecular complexity index is 534. The van der Waals surface area contributed by atoms with Gasteiger partial charge in [-0.15, -0.1) is 0 Å². The number of esters is 2. The molecule has 0 saturated heterocycles. The summed E-state index contributed by atoms with van der Waals surface area (Å²) >= 11 is 0. The molecule has 1 N–H and O–H groups in total. The predicted octanol–water partition coefficient (Wildman–Crippen LogP) is 1.12. The van der Waals surface area contributed by atoms with Gasteiger partial charge in [0.15, 0.2) is 0 Å². The molecule has 0 spiro atoms. The first-order valence-electron chi connectivity index (χ1n) is 6.41. The third-order valence-corrected chi connectivity index (χ3v) is 2.94. The number of nitrogens with one attached hydrogen (secondary N) is 1. The van der Waals surface area contributed by atoms with Crippen molar-refractivity contribution in [2.75, 3.05) is 14.2 Å². The van der Waals surface area contributed by atoms with Crippen molar-refractivity contribution < 1.29 is 28.3 Å². The molecule has 0 aliphatic rings. The summed E-state index contributed by atoms with van der Waals surface area (Å²) in [6.07, 6.45) is 0.0981. The molecule has 0 aliphatic carbocycles. The zero-order valence-electron chi connectivity index (χ0n) is 12.5. The minimum Gasteiger partial charge on any atom is -0.469 e. The van der Waals surface area contributed by atoms with Gasteiger partial charge in [-0.05, 0) is 26.3 Å². The topological polar surface area (TPSA) is 94.8 Å². The van der Waals surface area contributed by atoms with Crippen LogP contribution in [0.1, 0.15) is 34.7 Å². The lowest BCUT2D eigenvalue weighted by Gasteiger charge is -2.15. The van der Waals surface area contributed by atoms with Crippen LogP contribution in [0.15, 0.2) is 10.5 Å². The average molecular weight is 297 g/mol. The molecule has 0 bridgehead atoms. The van der Waals surface area contributed by atoms with Crippen LogP contribution in [0, 0.1) is 13.8 Å². The van der Waals surface area contributed by atoms with E-state index in [-0.39, 0.29) is 12.8 Å². The molecule has 1 aromatic heterocycles. The SMILES string of the molecule is COC(=O)CC[C@H](NC(=O)c1cc(C)oc1C)C(=O)OC. The van der Waals surface area contributed by atoms with Crippen molar-refractivity contribution in [2.24, 2.45) is 0 Å². The Kier molecular flexibility index (Phi) is 5.95. The molecule has 1 amide bonds. The standard InChI is InChI=1S/C14H19NO6/c1-8-7-10(9(2)21-8)13(17)15-11(14(18)20-4)5-6-12(16)19-3/h7,11H,5-6H2,1-4H3,(H,15,17)/t11-/m0/s1. The second kappa shape index (κ2) is 7.47. The third-order valence-electron chi connectivity index (χ3n) is 2.94. The average Bonchev–Trinajstić information content (AvgIpc) is 2.80. The van der Waals surface area contributed by atoms with Gasteiger partial charge in [-0.25, -0.2) is 4.79 Å². The third kappa shape index (κ3) is 4.62. The predicted molar refractivity (Wildman–Crippen MR) is 72.7 cm³/mol. The summed E-state index contributed by atoms with van der Waals surface area (Å²) < 4.78 is 14.4. The fraction of sp³-hybridized carbons (Fsp3) is 0.500. The van der Waals surface area contributed by atoms with Crippen LogP contribution in [0.2, 0.25) is 0 Å². The molecule has 0 unspecified atom stereocenters. The van der Waals surface area contributed by atoms with Gasteiger partial charge in [-0.3, -0.25) is 9.59 Å². The number of aryl methyl sites for hydroxylation is 2. The zero-order valence-corrected chi connectivity index (χ0v) is 12.5. The first-order valence-corrected chi connectivity index (χ1v) is 6.41. The quantitative estimate of drug-likeness (QED) is 0.791. The number of hydrogen-bond donors (Lipinski definition) is 1. The van der Waals surface area contributed by atoms with Gasteiger partial charge in [0.2, 0.25) is 0 Å². The Balaban J connectivity index is 2.76. The normalized spacial score (nSPS) is 11.6. The minimum atomic E-state index is -0.920. The van der Waals surface area contributed by atoms with Gasteiger partial charge in [-0.1, -0.05) is 0 Å². The highest BCUT2D eigenvalue weighted by Gasteiger charge is 2.24. The molecule has 1 heterocycles. The summed E-state index contributed by atoms with van der Waals surface area (Å²) in [4.78, 5) is 34.9. The molecule has 1 rings (SSSR count). The maximum absolute atomic E-state index is 12.1. The number of rotatable bonds is 6. The minimum absolute atomic E-state index is 0.0000561. The summed E-state index contributed by atoms with van der Waals surface area (Å²) in [5.74, 6) is -0.480. The van der Waals surface area contributed by atoms with Crippen LogP contribution in [-0.2, 0) is 19.1 Å². The fourth-order valence-electron chi connectivity index (χ4n) is 1.85. The van der Waals surface area contributed by atoms with Gasteiger partial charge in [0.05, 0.1) is 19.8 Å². The lowest BCUT2D eigenvalue weighted by molar-refractivity contribution is -0.144. The summed E-state index contributed by atoms with van der Waals surface area (Å²) in [5.41, 5.74) is 0.347. The molecule has 21 heavy (non-hydrogen) atoms. The van der Waals surface area contributed by atoms with Crippen LogP contribution in [0.5, 0.6) is 0 Å². The fourth-order valence-corrected chi connectivity index (χ4v) is 1.85. The number of amides is 1. The first kappa shape index (κ1) is 16.7. The van der Waals surface area contributed by atoms with Gasteiger partial charge in [0.25, 0.3) is 5.91 Å². The molecule has 1 aromatic rings. The van der Waals surface area contributed by atoms with Crippen molar-refractivity contribution in [1.82, 2.24) is 5.32 Å². The van der Waals surface area contributed by atoms with Gasteiger partial charge >= 0.3 is 11.9 Å². The van der Waals surface area contributed by atoms with Crippen LogP contribution in [0.3, 0.4) is 0 Å². The number of methoxy groups -OCH3 is 2. The van der Waals surface area contributed by atoms with E-state index in [1.54, 1.807) is 19.9 Å². The molecule has 0 aliphatic heterocycles. The van der Waals surface area contributed by atoms with E-state index in [0.717, 1.165) is 0 Å². The van der Waals surface area contributed by atoms with E-state index in [1.807, 2.05) is 0 Å². The Morgan fingerprint density at radius 3 is 2.38 bits per heavy atom. The Hall–Kier alpha value is -2.31. The van der Waals surface area contributed by atoms with Gasteiger partial charge in [0, 0.05) is 6.42 Å². The summed E-state index contributed by atoms with van der Waals surface area (Å²) in [6, 6.07) is 0.662. The van der Waals surface area contributed by atoms with E-state index in [4.69, 9.17) is 4.42 Å². The van der Waals surface area contributed by atoms with Crippen molar-refractivity contribution in [3.05, 3.63) is 23.2 Å². The van der Waals surface area contributed by atoms with Crippen LogP contribution in [-0.4, -0.2) is 38.1 Å². The molecule has 0 fully saturated rings. The van der Waals surface area contributed by atoms with Crippen LogP contribution < -0.4 is 5.32 Å². The molecule has 7 nitrogen and oxygen atoms in total. The zero-order chi connectivity index (χ0) is 16.0. The van der Waals surface area contributed by atoms with Crippen molar-refractivity contribution in [1.29, 1.82) is 0 Å². The van der Waals surface area contributed by atoms with Gasteiger partial charge in [-0.2, -0.15) is 0 Å². The lowest BCUT2D eigenvalue weighted by atomic mass is 10.1. The number of carbonyl (C=O) groups excluding carboxylic acids is 3. The highest BCUT2D eigenvalue weighted by Crippen LogP contribution is 2.14. The number of hydrogen-bond acceptors (Lipinski definition) is 6. The molecular formula is C14H19NO6. The number of furan rings is 1. The van der Waals surface area contributed by atoms with Crippen LogP contribution >= 0.6 is 0 Å². The second-order valence-corrected chi connectivity index (χ2v) is 4.49. The second-order valence-electron chi connectivity index (χ2n) is 4.49. The van der Waals surface area contributed by atoms with Crippen molar-refractivity contribution in [3.63, 3.8) is 0 Å². The highest BCUT2D eigenvalue weighted by atomic mass is 16.5. The monoisotopic (exact) mass is 297 g/mol. The summed E-state index contributed by atoms with van der Waals surface area (Å²) in [6.45, 7) is 3.38. The van der Waals surface area contributed by atoms with E-state index in [0.29, 0.717) is 17.1 Å². The Morgan fingerprint density at radius 2 is 1.90 bits per heavy atom. The van der Waals surface area contributed by atoms with Crippen molar-refractivity contribution in [2.45, 2.75) is 32.7 Å². The van der Waals surface area contributed by atoms with E-state index >= 15 is 0 Å². The molecule has 0 saturated carbocycles. The molecule has 116 valence electrons. The van der Waals surface area contributed by atoms with Crippen molar-refractivity contribution in [3.8, 4) is 0 Å². The largest absolute Gasteiger partial charge is 0.469 e. The lowest BCUT2D eigenvalue weighted by Crippen LogP contribution is -2.42. The smallest absolute Gasteiger partial charge is 0.328 e. The molecule has 0 radical (unpaired) electrons. The maximum atomic E-state index is 12.1. The van der Waals surface area contributed by atoms with Crippen molar-refractivity contribution >= 4 is 17.8 Å². The summed E-state index contributed by atoms with van der Waals surface area (Å²) in [7, 11) is 2.47. The highest BCUT2D eigenvalue weighted by molar-refractivity contribution is 5.97. The maximum Gasteiger partial charge on any atom is 0.328 e. The van der Waals surface area contributed by atoms with Gasteiger partial charge in [0.1, 0.15) is 17.6 Å². The van der Waals surface area contributed by atoms with Crippen LogP contribution in [0.25, 0.3) is 0 Å².